The van der Waals surface area contributed by atoms with Crippen molar-refractivity contribution in [2.45, 2.75) is 50.1 Å². The maximum atomic E-state index is 14.3. The molecule has 2 aromatic heterocycles. The number of nitrogens with zero attached hydrogens (tertiary/aromatic N) is 1. The largest absolute Gasteiger partial charge is 0.300 e. The van der Waals surface area contributed by atoms with Gasteiger partial charge in [0.1, 0.15) is 6.17 Å². The van der Waals surface area contributed by atoms with Crippen LogP contribution in [0.25, 0.3) is 10.8 Å². The summed E-state index contributed by atoms with van der Waals surface area (Å²) in [7, 11) is 0. The maximum Gasteiger partial charge on any atom is 0.117 e. The van der Waals surface area contributed by atoms with Crippen molar-refractivity contribution in [1.29, 1.82) is 0 Å². The Morgan fingerprint density at radius 2 is 2.04 bits per heavy atom. The predicted octanol–water partition coefficient (Wildman–Crippen LogP) is 6.63. The number of aromatic nitrogens is 1. The molecule has 1 aliphatic rings. The van der Waals surface area contributed by atoms with E-state index in [2.05, 4.69) is 34.6 Å². The zero-order valence-electron chi connectivity index (χ0n) is 15.9. The molecule has 0 aliphatic heterocycles. The molecule has 0 saturated heterocycles. The van der Waals surface area contributed by atoms with Crippen LogP contribution in [0.5, 0.6) is 0 Å². The molecule has 2 heterocycles. The van der Waals surface area contributed by atoms with Crippen LogP contribution in [0, 0.1) is 17.2 Å². The number of alkyl halides is 2. The number of halogens is 2. The molecular weight excluding hydrogens is 466 g/mol. The fraction of sp³-hybridized carbons (Fsp3) is 0.435. The van der Waals surface area contributed by atoms with Gasteiger partial charge in [0.05, 0.1) is 5.38 Å². The smallest absolute Gasteiger partial charge is 0.117 e. The number of hydrogen-bond donors (Lipinski definition) is 0. The molecule has 1 aliphatic carbocycles. The molecule has 3 aromatic rings. The Morgan fingerprint density at radius 1 is 1.14 bits per heavy atom. The average Bonchev–Trinajstić information content (AvgIpc) is 3.29. The fourth-order valence-corrected chi connectivity index (χ4v) is 5.52. The molecule has 0 spiro atoms. The Balaban J connectivity index is 0.00000225. The van der Waals surface area contributed by atoms with Crippen molar-refractivity contribution in [2.24, 2.45) is 11.8 Å². The van der Waals surface area contributed by atoms with Gasteiger partial charge in [0, 0.05) is 50.5 Å². The van der Waals surface area contributed by atoms with Crippen LogP contribution in [0.15, 0.2) is 48.8 Å². The van der Waals surface area contributed by atoms with Gasteiger partial charge in [0.2, 0.25) is 0 Å². The van der Waals surface area contributed by atoms with Crippen molar-refractivity contribution in [3.63, 3.8) is 0 Å². The minimum atomic E-state index is -0.862. The summed E-state index contributed by atoms with van der Waals surface area (Å²) in [5.74, 6) is 0.667. The second kappa shape index (κ2) is 10.6. The van der Waals surface area contributed by atoms with Crippen LogP contribution in [-0.4, -0.2) is 16.5 Å². The van der Waals surface area contributed by atoms with Crippen LogP contribution in [0.2, 0.25) is 0 Å². The van der Waals surface area contributed by atoms with Crippen LogP contribution in [0.4, 0.5) is 4.39 Å². The molecule has 4 atom stereocenters. The van der Waals surface area contributed by atoms with Crippen molar-refractivity contribution in [3.8, 4) is 0 Å². The second-order valence-electron chi connectivity index (χ2n) is 7.63. The normalized spacial score (nSPS) is 24.4. The number of aryl methyl sites for hydroxylation is 2. The zero-order valence-corrected chi connectivity index (χ0v) is 20.3. The Kier molecular flexibility index (Phi) is 8.47. The predicted molar refractivity (Wildman–Crippen MR) is 112 cm³/mol. The first-order valence-electron chi connectivity index (χ1n) is 9.76. The number of benzene rings is 1. The van der Waals surface area contributed by atoms with E-state index in [-0.39, 0.29) is 44.0 Å². The molecule has 0 bridgehead atoms. The molecule has 28 heavy (non-hydrogen) atoms. The minimum absolute atomic E-state index is 0. The minimum Gasteiger partial charge on any atom is -0.300 e. The van der Waals surface area contributed by atoms with Gasteiger partial charge in [-0.15, -0.1) is 21.9 Å². The third-order valence-electron chi connectivity index (χ3n) is 5.88. The van der Waals surface area contributed by atoms with E-state index in [1.807, 2.05) is 24.5 Å². The van der Waals surface area contributed by atoms with E-state index in [9.17, 15) is 4.39 Å². The third kappa shape index (κ3) is 5.42. The van der Waals surface area contributed by atoms with Crippen LogP contribution >= 0.6 is 22.9 Å². The number of pyridine rings is 1. The quantitative estimate of drug-likeness (QED) is 0.268. The number of hydrogen-bond acceptors (Lipinski definition) is 2. The molecule has 1 saturated carbocycles. The number of thiophene rings is 1. The first-order chi connectivity index (χ1) is 13.2. The van der Waals surface area contributed by atoms with Gasteiger partial charge in [-0.2, -0.15) is 6.07 Å². The van der Waals surface area contributed by atoms with Crippen molar-refractivity contribution in [1.82, 2.24) is 4.98 Å². The molecule has 1 aromatic carbocycles. The molecular formula is C23H24ClFNSY-. The summed E-state index contributed by atoms with van der Waals surface area (Å²) in [5, 5.41) is 5.17. The molecule has 1 nitrogen and oxygen atoms in total. The third-order valence-corrected chi connectivity index (χ3v) is 7.34. The van der Waals surface area contributed by atoms with E-state index in [0.29, 0.717) is 12.3 Å². The molecule has 0 N–H and O–H groups in total. The molecule has 5 heteroatoms. The molecule has 2 unspecified atom stereocenters. The van der Waals surface area contributed by atoms with E-state index in [4.69, 9.17) is 11.6 Å². The van der Waals surface area contributed by atoms with Gasteiger partial charge in [-0.1, -0.05) is 37.5 Å². The van der Waals surface area contributed by atoms with Crippen molar-refractivity contribution in [3.05, 3.63) is 64.6 Å². The van der Waals surface area contributed by atoms with Gasteiger partial charge in [-0.05, 0) is 48.1 Å². The van der Waals surface area contributed by atoms with E-state index < -0.39 is 6.17 Å². The summed E-state index contributed by atoms with van der Waals surface area (Å²) >= 11 is 8.16. The van der Waals surface area contributed by atoms with Gasteiger partial charge in [-0.3, -0.25) is 4.98 Å². The summed E-state index contributed by atoms with van der Waals surface area (Å²) in [6.45, 7) is 0. The summed E-state index contributed by atoms with van der Waals surface area (Å²) in [6, 6.07) is 12.7. The van der Waals surface area contributed by atoms with E-state index >= 15 is 0 Å². The fourth-order valence-electron chi connectivity index (χ4n) is 4.41. The van der Waals surface area contributed by atoms with Crippen LogP contribution in [-0.2, 0) is 45.6 Å². The van der Waals surface area contributed by atoms with Gasteiger partial charge >= 0.3 is 0 Å². The van der Waals surface area contributed by atoms with Crippen LogP contribution < -0.4 is 0 Å². The second-order valence-corrected chi connectivity index (χ2v) is 9.10. The van der Waals surface area contributed by atoms with Gasteiger partial charge in [0.15, 0.2) is 0 Å². The first-order valence-corrected chi connectivity index (χ1v) is 11.0. The van der Waals surface area contributed by atoms with Gasteiger partial charge < -0.3 is 11.3 Å². The van der Waals surface area contributed by atoms with Crippen molar-refractivity contribution >= 4 is 33.7 Å². The first kappa shape index (κ1) is 22.3. The molecule has 4 rings (SSSR count). The Bertz CT molecular complexity index is 872. The standard InChI is InChI=1S/C23H24ClFNS.Y/c24-23-21(9-7-16-6-8-19-15-26-11-10-17(19)13-16)18(14-22(23)25)3-1-4-20-5-2-12-27-20;/h2,5-6,8,10-11,13,15,18,21-23H,1,3-4,7,9,14H2;/q-1;/t18-,21+,22?,23?;/m0./s1. The van der Waals surface area contributed by atoms with Crippen molar-refractivity contribution < 1.29 is 37.1 Å². The Labute approximate surface area is 201 Å². The number of fused-ring (bicyclic) bond motifs is 1. The number of rotatable bonds is 7. The van der Waals surface area contributed by atoms with Gasteiger partial charge in [-0.25, -0.2) is 10.5 Å². The molecule has 145 valence electrons. The summed E-state index contributed by atoms with van der Waals surface area (Å²) in [5.41, 5.74) is 1.30. The topological polar surface area (TPSA) is 12.9 Å². The van der Waals surface area contributed by atoms with E-state index in [1.165, 1.54) is 15.8 Å². The maximum absolute atomic E-state index is 14.3. The Hall–Kier alpha value is -0.346. The van der Waals surface area contributed by atoms with E-state index in [1.54, 1.807) is 11.3 Å². The molecule has 0 amide bonds. The summed E-state index contributed by atoms with van der Waals surface area (Å²) < 4.78 is 14.3. The zero-order chi connectivity index (χ0) is 18.6. The summed E-state index contributed by atoms with van der Waals surface area (Å²) in [4.78, 5) is 5.54. The summed E-state index contributed by atoms with van der Waals surface area (Å²) in [6.07, 6.45) is 8.63. The monoisotopic (exact) mass is 489 g/mol. The van der Waals surface area contributed by atoms with Crippen molar-refractivity contribution in [2.75, 3.05) is 0 Å². The van der Waals surface area contributed by atoms with Crippen LogP contribution in [0.3, 0.4) is 0 Å². The Morgan fingerprint density at radius 3 is 2.86 bits per heavy atom. The SMILES string of the molecule is FC1C[C@H](CCCc2cc[c-]s2)[C@@H](CCc2ccc3cnccc3c2)C1Cl.[Y]. The average molecular weight is 490 g/mol. The molecule has 1 fully saturated rings. The van der Waals surface area contributed by atoms with E-state index in [0.717, 1.165) is 37.5 Å². The van der Waals surface area contributed by atoms with Gasteiger partial charge in [0.25, 0.3) is 0 Å². The van der Waals surface area contributed by atoms with Crippen LogP contribution in [0.1, 0.15) is 36.1 Å². The molecule has 1 radical (unpaired) electrons.